The molecule has 0 aliphatic heterocycles. The Morgan fingerprint density at radius 3 is 2.61 bits per heavy atom. The fraction of sp³-hybridized carbons (Fsp3) is 0.150. The number of methoxy groups -OCH3 is 1. The van der Waals surface area contributed by atoms with E-state index in [2.05, 4.69) is 15.6 Å². The maximum atomic E-state index is 12.9. The van der Waals surface area contributed by atoms with Crippen LogP contribution < -0.4 is 15.4 Å². The number of benzene rings is 2. The van der Waals surface area contributed by atoms with E-state index in [0.717, 1.165) is 5.56 Å². The molecule has 3 rings (SSSR count). The molecule has 8 heteroatoms. The van der Waals surface area contributed by atoms with E-state index < -0.39 is 11.7 Å². The first kappa shape index (κ1) is 19.5. The molecule has 0 aliphatic rings. The number of amides is 2. The number of aryl methyl sites for hydroxylation is 1. The Kier molecular flexibility index (Phi) is 6.00. The van der Waals surface area contributed by atoms with Gasteiger partial charge in [-0.2, -0.15) is 0 Å². The minimum absolute atomic E-state index is 0.0555. The second kappa shape index (κ2) is 8.62. The summed E-state index contributed by atoms with van der Waals surface area (Å²) in [5, 5.41) is 7.50. The van der Waals surface area contributed by atoms with Gasteiger partial charge in [-0.3, -0.25) is 14.9 Å². The molecule has 0 aliphatic carbocycles. The molecule has 0 unspecified atom stereocenters. The number of ether oxygens (including phenoxy) is 1. The van der Waals surface area contributed by atoms with Crippen LogP contribution in [0.15, 0.2) is 47.8 Å². The first-order chi connectivity index (χ1) is 13.4. The molecule has 0 bridgehead atoms. The molecule has 2 aromatic carbocycles. The molecule has 3 aromatic rings. The number of hydrogen-bond acceptors (Lipinski definition) is 5. The minimum Gasteiger partial charge on any atom is -0.495 e. The van der Waals surface area contributed by atoms with Crippen LogP contribution >= 0.6 is 11.3 Å². The molecule has 2 amide bonds. The van der Waals surface area contributed by atoms with E-state index in [4.69, 9.17) is 4.74 Å². The standard InChI is InChI=1S/C20H18FN3O3S/c1-12-3-8-16(17(9-12)27-2)23-18(25)10-15-11-28-20(22-15)24-19(26)13-4-6-14(21)7-5-13/h3-9,11H,10H2,1-2H3,(H,23,25)(H,22,24,26). The average Bonchev–Trinajstić information content (AvgIpc) is 3.10. The molecule has 144 valence electrons. The minimum atomic E-state index is -0.413. The Labute approximate surface area is 165 Å². The third-order valence-electron chi connectivity index (χ3n) is 3.85. The highest BCUT2D eigenvalue weighted by Gasteiger charge is 2.13. The number of aromatic nitrogens is 1. The van der Waals surface area contributed by atoms with Gasteiger partial charge in [-0.25, -0.2) is 9.37 Å². The normalized spacial score (nSPS) is 10.4. The molecular weight excluding hydrogens is 381 g/mol. The van der Waals surface area contributed by atoms with Crippen molar-refractivity contribution in [3.8, 4) is 5.75 Å². The number of hydrogen-bond donors (Lipinski definition) is 2. The number of rotatable bonds is 6. The Morgan fingerprint density at radius 1 is 1.14 bits per heavy atom. The highest BCUT2D eigenvalue weighted by atomic mass is 32.1. The lowest BCUT2D eigenvalue weighted by Crippen LogP contribution is -2.15. The summed E-state index contributed by atoms with van der Waals surface area (Å²) >= 11 is 1.21. The summed E-state index contributed by atoms with van der Waals surface area (Å²) in [4.78, 5) is 28.7. The van der Waals surface area contributed by atoms with Gasteiger partial charge in [0.05, 0.1) is 24.9 Å². The molecular formula is C20H18FN3O3S. The van der Waals surface area contributed by atoms with Gasteiger partial charge in [0.2, 0.25) is 5.91 Å². The average molecular weight is 399 g/mol. The summed E-state index contributed by atoms with van der Waals surface area (Å²) in [6.45, 7) is 1.94. The topological polar surface area (TPSA) is 80.3 Å². The predicted molar refractivity (Wildman–Crippen MR) is 107 cm³/mol. The van der Waals surface area contributed by atoms with Gasteiger partial charge in [0, 0.05) is 10.9 Å². The van der Waals surface area contributed by atoms with Gasteiger partial charge in [-0.15, -0.1) is 11.3 Å². The quantitative estimate of drug-likeness (QED) is 0.656. The van der Waals surface area contributed by atoms with Crippen molar-refractivity contribution in [2.45, 2.75) is 13.3 Å². The summed E-state index contributed by atoms with van der Waals surface area (Å²) in [6.07, 6.45) is 0.0555. The van der Waals surface area contributed by atoms with Crippen molar-refractivity contribution in [3.63, 3.8) is 0 Å². The number of nitrogens with zero attached hydrogens (tertiary/aromatic N) is 1. The lowest BCUT2D eigenvalue weighted by molar-refractivity contribution is -0.115. The molecule has 0 fully saturated rings. The van der Waals surface area contributed by atoms with E-state index in [0.29, 0.717) is 27.8 Å². The molecule has 1 aromatic heterocycles. The van der Waals surface area contributed by atoms with Crippen molar-refractivity contribution >= 4 is 34.0 Å². The van der Waals surface area contributed by atoms with Crippen LogP contribution in [0.5, 0.6) is 5.75 Å². The Hall–Kier alpha value is -3.26. The van der Waals surface area contributed by atoms with Crippen molar-refractivity contribution in [1.82, 2.24) is 4.98 Å². The van der Waals surface area contributed by atoms with E-state index in [9.17, 15) is 14.0 Å². The first-order valence-electron chi connectivity index (χ1n) is 8.40. The molecule has 0 atom stereocenters. The van der Waals surface area contributed by atoms with Crippen LogP contribution in [0.3, 0.4) is 0 Å². The van der Waals surface area contributed by atoms with Crippen LogP contribution in [0.1, 0.15) is 21.6 Å². The zero-order valence-electron chi connectivity index (χ0n) is 15.3. The summed E-state index contributed by atoms with van der Waals surface area (Å²) in [5.41, 5.74) is 2.46. The number of anilines is 2. The maximum Gasteiger partial charge on any atom is 0.257 e. The van der Waals surface area contributed by atoms with Crippen molar-refractivity contribution in [1.29, 1.82) is 0 Å². The monoisotopic (exact) mass is 399 g/mol. The highest BCUT2D eigenvalue weighted by molar-refractivity contribution is 7.14. The lowest BCUT2D eigenvalue weighted by Gasteiger charge is -2.10. The summed E-state index contributed by atoms with van der Waals surface area (Å²) in [5.74, 6) is -0.471. The molecule has 1 heterocycles. The number of halogens is 1. The molecule has 0 radical (unpaired) electrons. The van der Waals surface area contributed by atoms with E-state index in [1.807, 2.05) is 19.1 Å². The van der Waals surface area contributed by atoms with Gasteiger partial charge in [-0.05, 0) is 48.9 Å². The van der Waals surface area contributed by atoms with Crippen LogP contribution in [0.4, 0.5) is 15.2 Å². The fourth-order valence-electron chi connectivity index (χ4n) is 2.48. The molecule has 0 saturated carbocycles. The third kappa shape index (κ3) is 4.92. The maximum absolute atomic E-state index is 12.9. The van der Waals surface area contributed by atoms with Gasteiger partial charge < -0.3 is 10.1 Å². The summed E-state index contributed by atoms with van der Waals surface area (Å²) in [6, 6.07) is 10.7. The van der Waals surface area contributed by atoms with Gasteiger partial charge in [0.15, 0.2) is 5.13 Å². The SMILES string of the molecule is COc1cc(C)ccc1NC(=O)Cc1csc(NC(=O)c2ccc(F)cc2)n1. The Balaban J connectivity index is 1.60. The molecule has 0 spiro atoms. The Bertz CT molecular complexity index is 1000. The van der Waals surface area contributed by atoms with E-state index in [1.54, 1.807) is 18.6 Å². The lowest BCUT2D eigenvalue weighted by atomic mass is 10.2. The first-order valence-corrected chi connectivity index (χ1v) is 9.28. The zero-order chi connectivity index (χ0) is 20.1. The van der Waals surface area contributed by atoms with Gasteiger partial charge in [0.1, 0.15) is 11.6 Å². The summed E-state index contributed by atoms with van der Waals surface area (Å²) < 4.78 is 18.2. The van der Waals surface area contributed by atoms with Crippen LogP contribution in [-0.4, -0.2) is 23.9 Å². The van der Waals surface area contributed by atoms with Crippen LogP contribution in [-0.2, 0) is 11.2 Å². The van der Waals surface area contributed by atoms with Crippen molar-refractivity contribution in [2.75, 3.05) is 17.7 Å². The molecule has 2 N–H and O–H groups in total. The smallest absolute Gasteiger partial charge is 0.257 e. The highest BCUT2D eigenvalue weighted by Crippen LogP contribution is 2.25. The number of carbonyl (C=O) groups excluding carboxylic acids is 2. The van der Waals surface area contributed by atoms with E-state index in [1.165, 1.54) is 35.6 Å². The van der Waals surface area contributed by atoms with Crippen molar-refractivity contribution in [3.05, 3.63) is 70.5 Å². The Morgan fingerprint density at radius 2 is 1.89 bits per heavy atom. The number of thiazole rings is 1. The van der Waals surface area contributed by atoms with Gasteiger partial charge >= 0.3 is 0 Å². The summed E-state index contributed by atoms with van der Waals surface area (Å²) in [7, 11) is 1.54. The third-order valence-corrected chi connectivity index (χ3v) is 4.66. The molecule has 28 heavy (non-hydrogen) atoms. The molecule has 6 nitrogen and oxygen atoms in total. The van der Waals surface area contributed by atoms with Crippen LogP contribution in [0, 0.1) is 12.7 Å². The van der Waals surface area contributed by atoms with E-state index in [-0.39, 0.29) is 12.3 Å². The molecule has 0 saturated heterocycles. The predicted octanol–water partition coefficient (Wildman–Crippen LogP) is 4.03. The van der Waals surface area contributed by atoms with Gasteiger partial charge in [-0.1, -0.05) is 6.07 Å². The van der Waals surface area contributed by atoms with Crippen molar-refractivity contribution in [2.24, 2.45) is 0 Å². The second-order valence-corrected chi connectivity index (χ2v) is 6.89. The second-order valence-electron chi connectivity index (χ2n) is 6.03. The zero-order valence-corrected chi connectivity index (χ0v) is 16.1. The fourth-order valence-corrected chi connectivity index (χ4v) is 3.18. The van der Waals surface area contributed by atoms with E-state index >= 15 is 0 Å². The van der Waals surface area contributed by atoms with Crippen LogP contribution in [0.2, 0.25) is 0 Å². The number of carbonyl (C=O) groups is 2. The van der Waals surface area contributed by atoms with Crippen LogP contribution in [0.25, 0.3) is 0 Å². The van der Waals surface area contributed by atoms with Gasteiger partial charge in [0.25, 0.3) is 5.91 Å². The number of nitrogens with one attached hydrogen (secondary N) is 2. The largest absolute Gasteiger partial charge is 0.495 e. The van der Waals surface area contributed by atoms with Crippen molar-refractivity contribution < 1.29 is 18.7 Å².